The molecule has 1 saturated heterocycles. The van der Waals surface area contributed by atoms with E-state index in [4.69, 9.17) is 9.47 Å². The molecule has 0 radical (unpaired) electrons. The second-order valence-corrected chi connectivity index (χ2v) is 7.36. The number of carbonyl (C=O) groups excluding carboxylic acids is 1. The molecule has 0 unspecified atom stereocenters. The van der Waals surface area contributed by atoms with E-state index in [1.165, 1.54) is 6.07 Å². The third-order valence-corrected chi connectivity index (χ3v) is 5.37. The number of nitrogens with zero attached hydrogens (tertiary/aromatic N) is 4. The second kappa shape index (κ2) is 9.72. The Bertz CT molecular complexity index is 1080. The van der Waals surface area contributed by atoms with Crippen molar-refractivity contribution in [1.82, 2.24) is 14.5 Å². The zero-order chi connectivity index (χ0) is 22.5. The number of hydrogen-bond acceptors (Lipinski definition) is 5. The molecule has 0 spiro atoms. The smallest absolute Gasteiger partial charge is 0.254 e. The van der Waals surface area contributed by atoms with Crippen LogP contribution in [0.3, 0.4) is 0 Å². The fourth-order valence-electron chi connectivity index (χ4n) is 3.84. The van der Waals surface area contributed by atoms with Crippen LogP contribution >= 0.6 is 0 Å². The molecule has 2 aromatic carbocycles. The van der Waals surface area contributed by atoms with Crippen LogP contribution in [0.1, 0.15) is 24.2 Å². The van der Waals surface area contributed by atoms with Gasteiger partial charge in [-0.25, -0.2) is 9.37 Å². The predicted octanol–water partition coefficient (Wildman–Crippen LogP) is 3.77. The Balaban J connectivity index is 1.46. The monoisotopic (exact) mass is 438 g/mol. The summed E-state index contributed by atoms with van der Waals surface area (Å²) in [5, 5.41) is 0. The van der Waals surface area contributed by atoms with E-state index >= 15 is 0 Å². The predicted molar refractivity (Wildman–Crippen MR) is 120 cm³/mol. The summed E-state index contributed by atoms with van der Waals surface area (Å²) >= 11 is 0. The quantitative estimate of drug-likeness (QED) is 0.562. The number of halogens is 1. The average molecular weight is 439 g/mol. The molecule has 0 atom stereocenters. The number of rotatable bonds is 7. The highest BCUT2D eigenvalue weighted by Crippen LogP contribution is 2.29. The molecule has 0 N–H and O–H groups in total. The normalized spacial score (nSPS) is 13.8. The van der Waals surface area contributed by atoms with Crippen LogP contribution in [0.2, 0.25) is 0 Å². The van der Waals surface area contributed by atoms with Crippen molar-refractivity contribution in [2.45, 2.75) is 13.8 Å². The first-order valence-electron chi connectivity index (χ1n) is 10.8. The summed E-state index contributed by atoms with van der Waals surface area (Å²) in [5.41, 5.74) is 1.02. The molecule has 0 aliphatic carbocycles. The van der Waals surface area contributed by atoms with Gasteiger partial charge in [0.05, 0.1) is 18.9 Å². The largest absolute Gasteiger partial charge is 0.490 e. The van der Waals surface area contributed by atoms with Gasteiger partial charge in [-0.2, -0.15) is 0 Å². The van der Waals surface area contributed by atoms with Crippen LogP contribution in [-0.4, -0.2) is 59.8 Å². The molecule has 1 amide bonds. The van der Waals surface area contributed by atoms with Crippen molar-refractivity contribution in [2.24, 2.45) is 0 Å². The lowest BCUT2D eigenvalue weighted by Crippen LogP contribution is -2.49. The van der Waals surface area contributed by atoms with Crippen molar-refractivity contribution < 1.29 is 18.7 Å². The molecule has 1 aromatic heterocycles. The summed E-state index contributed by atoms with van der Waals surface area (Å²) in [5.74, 6) is 1.52. The van der Waals surface area contributed by atoms with E-state index < -0.39 is 0 Å². The molecule has 7 nitrogen and oxygen atoms in total. The van der Waals surface area contributed by atoms with Crippen LogP contribution in [0, 0.1) is 5.82 Å². The second-order valence-electron chi connectivity index (χ2n) is 7.36. The highest BCUT2D eigenvalue weighted by atomic mass is 19.1. The lowest BCUT2D eigenvalue weighted by atomic mass is 10.1. The van der Waals surface area contributed by atoms with E-state index in [0.717, 1.165) is 0 Å². The number of aromatic nitrogens is 2. The van der Waals surface area contributed by atoms with Crippen molar-refractivity contribution in [2.75, 3.05) is 44.3 Å². The number of para-hydroxylation sites is 1. The van der Waals surface area contributed by atoms with E-state index in [0.29, 0.717) is 68.1 Å². The zero-order valence-corrected chi connectivity index (χ0v) is 18.3. The van der Waals surface area contributed by atoms with Crippen LogP contribution in [0.15, 0.2) is 54.9 Å². The summed E-state index contributed by atoms with van der Waals surface area (Å²) in [6.45, 7) is 7.11. The molecule has 8 heteroatoms. The standard InChI is InChI=1S/C24H27FN4O3/c1-3-31-21-10-9-18(17-22(21)32-4-2)23(30)27-13-15-28(16-14-27)24-26-11-12-29(24)20-8-6-5-7-19(20)25/h5-12,17H,3-4,13-16H2,1-2H3. The van der Waals surface area contributed by atoms with Gasteiger partial charge < -0.3 is 19.3 Å². The van der Waals surface area contributed by atoms with E-state index in [-0.39, 0.29) is 11.7 Å². The maximum absolute atomic E-state index is 14.3. The molecule has 3 aromatic rings. The lowest BCUT2D eigenvalue weighted by Gasteiger charge is -2.35. The molecule has 1 aliphatic rings. The molecule has 168 valence electrons. The first-order chi connectivity index (χ1) is 15.6. The van der Waals surface area contributed by atoms with E-state index in [2.05, 4.69) is 9.88 Å². The van der Waals surface area contributed by atoms with Gasteiger partial charge in [0, 0.05) is 44.1 Å². The number of amides is 1. The molecule has 32 heavy (non-hydrogen) atoms. The summed E-state index contributed by atoms with van der Waals surface area (Å²) in [6, 6.07) is 11.9. The van der Waals surface area contributed by atoms with E-state index in [1.807, 2.05) is 18.7 Å². The van der Waals surface area contributed by atoms with Crippen molar-refractivity contribution in [3.05, 3.63) is 66.2 Å². The van der Waals surface area contributed by atoms with Crippen LogP contribution in [0.25, 0.3) is 5.69 Å². The van der Waals surface area contributed by atoms with Gasteiger partial charge in [0.1, 0.15) is 5.82 Å². The minimum Gasteiger partial charge on any atom is -0.490 e. The number of hydrogen-bond donors (Lipinski definition) is 0. The number of ether oxygens (including phenoxy) is 2. The molecule has 4 rings (SSSR count). The van der Waals surface area contributed by atoms with Crippen molar-refractivity contribution in [1.29, 1.82) is 0 Å². The number of piperazine rings is 1. The van der Waals surface area contributed by atoms with Crippen molar-refractivity contribution >= 4 is 11.9 Å². The number of imidazole rings is 1. The number of benzene rings is 2. The van der Waals surface area contributed by atoms with Gasteiger partial charge in [0.25, 0.3) is 5.91 Å². The van der Waals surface area contributed by atoms with Gasteiger partial charge in [-0.1, -0.05) is 12.1 Å². The Hall–Kier alpha value is -3.55. The van der Waals surface area contributed by atoms with E-state index in [9.17, 15) is 9.18 Å². The molecule has 1 fully saturated rings. The molecule has 1 aliphatic heterocycles. The maximum Gasteiger partial charge on any atom is 0.254 e. The number of carbonyl (C=O) groups is 1. The van der Waals surface area contributed by atoms with Crippen LogP contribution in [0.5, 0.6) is 11.5 Å². The fraction of sp³-hybridized carbons (Fsp3) is 0.333. The lowest BCUT2D eigenvalue weighted by molar-refractivity contribution is 0.0745. The minimum atomic E-state index is -0.304. The van der Waals surface area contributed by atoms with Gasteiger partial charge in [-0.3, -0.25) is 9.36 Å². The van der Waals surface area contributed by atoms with Gasteiger partial charge in [0.15, 0.2) is 11.5 Å². The molecule has 0 saturated carbocycles. The highest BCUT2D eigenvalue weighted by molar-refractivity contribution is 5.95. The zero-order valence-electron chi connectivity index (χ0n) is 18.3. The first kappa shape index (κ1) is 21.7. The molecule has 0 bridgehead atoms. The Kier molecular flexibility index (Phi) is 6.58. The van der Waals surface area contributed by atoms with E-state index in [1.54, 1.807) is 53.4 Å². The summed E-state index contributed by atoms with van der Waals surface area (Å²) in [4.78, 5) is 21.4. The fourth-order valence-corrected chi connectivity index (χ4v) is 3.84. The number of anilines is 1. The topological polar surface area (TPSA) is 59.8 Å². The van der Waals surface area contributed by atoms with Crippen LogP contribution in [-0.2, 0) is 0 Å². The van der Waals surface area contributed by atoms with Gasteiger partial charge in [0.2, 0.25) is 5.95 Å². The summed E-state index contributed by atoms with van der Waals surface area (Å²) in [6.07, 6.45) is 3.41. The summed E-state index contributed by atoms with van der Waals surface area (Å²) in [7, 11) is 0. The first-order valence-corrected chi connectivity index (χ1v) is 10.8. The van der Waals surface area contributed by atoms with Gasteiger partial charge in [-0.15, -0.1) is 0 Å². The molecule has 2 heterocycles. The molecular weight excluding hydrogens is 411 g/mol. The van der Waals surface area contributed by atoms with Crippen molar-refractivity contribution in [3.8, 4) is 17.2 Å². The highest BCUT2D eigenvalue weighted by Gasteiger charge is 2.25. The third kappa shape index (κ3) is 4.39. The van der Waals surface area contributed by atoms with Gasteiger partial charge in [-0.05, 0) is 44.2 Å². The molecular formula is C24H27FN4O3. The Labute approximate surface area is 187 Å². The Morgan fingerprint density at radius 1 is 1.00 bits per heavy atom. The average Bonchev–Trinajstić information content (AvgIpc) is 3.30. The summed E-state index contributed by atoms with van der Waals surface area (Å²) < 4.78 is 27.3. The SMILES string of the molecule is CCOc1ccc(C(=O)N2CCN(c3nccn3-c3ccccc3F)CC2)cc1OCC. The minimum absolute atomic E-state index is 0.0499. The van der Waals surface area contributed by atoms with Crippen LogP contribution in [0.4, 0.5) is 10.3 Å². The van der Waals surface area contributed by atoms with Gasteiger partial charge >= 0.3 is 0 Å². The van der Waals surface area contributed by atoms with Crippen LogP contribution < -0.4 is 14.4 Å². The van der Waals surface area contributed by atoms with Crippen molar-refractivity contribution in [3.63, 3.8) is 0 Å². The Morgan fingerprint density at radius 3 is 2.44 bits per heavy atom. The maximum atomic E-state index is 14.3. The Morgan fingerprint density at radius 2 is 1.72 bits per heavy atom. The third-order valence-electron chi connectivity index (χ3n) is 5.37.